The summed E-state index contributed by atoms with van der Waals surface area (Å²) in [7, 11) is 1.80. The normalized spacial score (nSPS) is 11.6. The molecule has 0 atom stereocenters. The number of hydrogen-bond donors (Lipinski definition) is 2. The summed E-state index contributed by atoms with van der Waals surface area (Å²) >= 11 is 1.74. The SMILES string of the molecule is CN=C(NCCCc1nc(C)cs1)NCCn1cccc1. The van der Waals surface area contributed by atoms with Crippen LogP contribution in [0.2, 0.25) is 0 Å². The zero-order valence-corrected chi connectivity index (χ0v) is 13.5. The molecule has 0 saturated carbocycles. The maximum absolute atomic E-state index is 4.47. The van der Waals surface area contributed by atoms with Gasteiger partial charge >= 0.3 is 0 Å². The molecule has 0 aromatic carbocycles. The molecule has 2 N–H and O–H groups in total. The summed E-state index contributed by atoms with van der Waals surface area (Å²) in [6.45, 7) is 4.74. The van der Waals surface area contributed by atoms with E-state index in [1.165, 1.54) is 5.01 Å². The summed E-state index contributed by atoms with van der Waals surface area (Å²) in [5, 5.41) is 9.96. The summed E-state index contributed by atoms with van der Waals surface area (Å²) in [6.07, 6.45) is 6.21. The lowest BCUT2D eigenvalue weighted by atomic mass is 10.3. The lowest BCUT2D eigenvalue weighted by Gasteiger charge is -2.11. The topological polar surface area (TPSA) is 54.2 Å². The van der Waals surface area contributed by atoms with Crippen LogP contribution >= 0.6 is 11.3 Å². The number of aryl methyl sites for hydroxylation is 2. The van der Waals surface area contributed by atoms with Crippen LogP contribution in [0, 0.1) is 6.92 Å². The van der Waals surface area contributed by atoms with Crippen LogP contribution in [0.1, 0.15) is 17.1 Å². The standard InChI is InChI=1S/C15H23N5S/c1-13-12-21-14(19-13)6-5-7-17-15(16-2)18-8-11-20-9-3-4-10-20/h3-4,9-10,12H,5-8,11H2,1-2H3,(H2,16,17,18). The molecule has 0 amide bonds. The molecule has 0 saturated heterocycles. The Balaban J connectivity index is 1.59. The van der Waals surface area contributed by atoms with Crippen molar-refractivity contribution < 1.29 is 0 Å². The van der Waals surface area contributed by atoms with Crippen molar-refractivity contribution >= 4 is 17.3 Å². The van der Waals surface area contributed by atoms with E-state index in [1.807, 2.05) is 19.1 Å². The molecule has 2 aromatic rings. The van der Waals surface area contributed by atoms with Crippen molar-refractivity contribution in [1.82, 2.24) is 20.2 Å². The maximum atomic E-state index is 4.47. The summed E-state index contributed by atoms with van der Waals surface area (Å²) in [6, 6.07) is 4.07. The van der Waals surface area contributed by atoms with Crippen molar-refractivity contribution in [3.8, 4) is 0 Å². The molecule has 0 aliphatic carbocycles. The smallest absolute Gasteiger partial charge is 0.191 e. The molecule has 2 aromatic heterocycles. The molecule has 114 valence electrons. The highest BCUT2D eigenvalue weighted by Crippen LogP contribution is 2.10. The van der Waals surface area contributed by atoms with E-state index in [1.54, 1.807) is 18.4 Å². The molecule has 21 heavy (non-hydrogen) atoms. The van der Waals surface area contributed by atoms with Gasteiger partial charge in [0, 0.05) is 56.6 Å². The zero-order chi connectivity index (χ0) is 14.9. The van der Waals surface area contributed by atoms with Crippen LogP contribution in [0.25, 0.3) is 0 Å². The molecule has 0 fully saturated rings. The van der Waals surface area contributed by atoms with E-state index in [9.17, 15) is 0 Å². The van der Waals surface area contributed by atoms with E-state index < -0.39 is 0 Å². The van der Waals surface area contributed by atoms with Gasteiger partial charge in [-0.15, -0.1) is 11.3 Å². The van der Waals surface area contributed by atoms with Gasteiger partial charge in [-0.3, -0.25) is 4.99 Å². The van der Waals surface area contributed by atoms with Gasteiger partial charge in [-0.05, 0) is 25.5 Å². The molecule has 5 nitrogen and oxygen atoms in total. The average Bonchev–Trinajstić information content (AvgIpc) is 3.13. The number of nitrogens with one attached hydrogen (secondary N) is 2. The van der Waals surface area contributed by atoms with Gasteiger partial charge in [0.1, 0.15) is 0 Å². The van der Waals surface area contributed by atoms with Gasteiger partial charge in [0.15, 0.2) is 5.96 Å². The Morgan fingerprint density at radius 1 is 1.29 bits per heavy atom. The highest BCUT2D eigenvalue weighted by atomic mass is 32.1. The van der Waals surface area contributed by atoms with Crippen LogP contribution in [-0.4, -0.2) is 35.6 Å². The highest BCUT2D eigenvalue weighted by Gasteiger charge is 2.00. The first-order valence-corrected chi connectivity index (χ1v) is 8.12. The molecular weight excluding hydrogens is 282 g/mol. The molecule has 0 radical (unpaired) electrons. The molecule has 0 bridgehead atoms. The van der Waals surface area contributed by atoms with Crippen LogP contribution in [0.3, 0.4) is 0 Å². The fourth-order valence-corrected chi connectivity index (χ4v) is 2.83. The van der Waals surface area contributed by atoms with Crippen LogP contribution in [0.4, 0.5) is 0 Å². The van der Waals surface area contributed by atoms with E-state index in [2.05, 4.69) is 43.0 Å². The Bertz CT molecular complexity index is 544. The Labute approximate surface area is 130 Å². The van der Waals surface area contributed by atoms with E-state index in [0.717, 1.165) is 44.1 Å². The number of guanidine groups is 1. The van der Waals surface area contributed by atoms with Gasteiger partial charge < -0.3 is 15.2 Å². The Kier molecular flexibility index (Phi) is 6.27. The Morgan fingerprint density at radius 2 is 2.05 bits per heavy atom. The number of thiazole rings is 1. The van der Waals surface area contributed by atoms with Gasteiger partial charge in [-0.25, -0.2) is 4.98 Å². The molecule has 0 aliphatic heterocycles. The predicted octanol–water partition coefficient (Wildman–Crippen LogP) is 2.05. The number of aliphatic imine (C=N–C) groups is 1. The molecule has 6 heteroatoms. The van der Waals surface area contributed by atoms with E-state index in [4.69, 9.17) is 0 Å². The third-order valence-corrected chi connectivity index (χ3v) is 4.11. The van der Waals surface area contributed by atoms with Crippen molar-refractivity contribution in [2.24, 2.45) is 4.99 Å². The quantitative estimate of drug-likeness (QED) is 0.468. The van der Waals surface area contributed by atoms with Gasteiger partial charge in [0.2, 0.25) is 0 Å². The number of aromatic nitrogens is 2. The van der Waals surface area contributed by atoms with Crippen LogP contribution in [-0.2, 0) is 13.0 Å². The second-order valence-electron chi connectivity index (χ2n) is 4.83. The van der Waals surface area contributed by atoms with Crippen LogP contribution in [0.15, 0.2) is 34.9 Å². The molecular formula is C15H23N5S. The minimum Gasteiger partial charge on any atom is -0.356 e. The average molecular weight is 305 g/mol. The van der Waals surface area contributed by atoms with Gasteiger partial charge in [-0.2, -0.15) is 0 Å². The monoisotopic (exact) mass is 305 g/mol. The number of hydrogen-bond acceptors (Lipinski definition) is 3. The maximum Gasteiger partial charge on any atom is 0.191 e. The second kappa shape index (κ2) is 8.46. The largest absolute Gasteiger partial charge is 0.356 e. The van der Waals surface area contributed by atoms with Crippen molar-refractivity contribution in [3.05, 3.63) is 40.6 Å². The molecule has 2 heterocycles. The molecule has 2 rings (SSSR count). The Hall–Kier alpha value is -1.82. The highest BCUT2D eigenvalue weighted by molar-refractivity contribution is 7.09. The molecule has 0 unspecified atom stereocenters. The number of rotatable bonds is 7. The summed E-state index contributed by atoms with van der Waals surface area (Å²) in [4.78, 5) is 8.70. The van der Waals surface area contributed by atoms with Crippen molar-refractivity contribution in [2.45, 2.75) is 26.3 Å². The summed E-state index contributed by atoms with van der Waals surface area (Å²) in [5.41, 5.74) is 1.12. The van der Waals surface area contributed by atoms with Crippen molar-refractivity contribution in [2.75, 3.05) is 20.1 Å². The lowest BCUT2D eigenvalue weighted by Crippen LogP contribution is -2.39. The first-order chi connectivity index (χ1) is 10.3. The third kappa shape index (κ3) is 5.59. The Morgan fingerprint density at radius 3 is 2.71 bits per heavy atom. The number of nitrogens with zero attached hydrogens (tertiary/aromatic N) is 3. The van der Waals surface area contributed by atoms with Crippen molar-refractivity contribution in [3.63, 3.8) is 0 Å². The zero-order valence-electron chi connectivity index (χ0n) is 12.7. The lowest BCUT2D eigenvalue weighted by molar-refractivity contribution is 0.660. The minimum absolute atomic E-state index is 0.859. The van der Waals surface area contributed by atoms with E-state index in [0.29, 0.717) is 0 Å². The first-order valence-electron chi connectivity index (χ1n) is 7.24. The fourth-order valence-electron chi connectivity index (χ4n) is 2.01. The predicted molar refractivity (Wildman–Crippen MR) is 89.0 cm³/mol. The van der Waals surface area contributed by atoms with Gasteiger partial charge in [-0.1, -0.05) is 0 Å². The minimum atomic E-state index is 0.859. The van der Waals surface area contributed by atoms with E-state index >= 15 is 0 Å². The van der Waals surface area contributed by atoms with Crippen molar-refractivity contribution in [1.29, 1.82) is 0 Å². The van der Waals surface area contributed by atoms with Crippen LogP contribution in [0.5, 0.6) is 0 Å². The molecule has 0 spiro atoms. The first kappa shape index (κ1) is 15.6. The fraction of sp³-hybridized carbons (Fsp3) is 0.467. The third-order valence-electron chi connectivity index (χ3n) is 3.08. The summed E-state index contributed by atoms with van der Waals surface area (Å²) < 4.78 is 2.14. The van der Waals surface area contributed by atoms with E-state index in [-0.39, 0.29) is 0 Å². The van der Waals surface area contributed by atoms with Gasteiger partial charge in [0.25, 0.3) is 0 Å². The van der Waals surface area contributed by atoms with Crippen LogP contribution < -0.4 is 10.6 Å². The second-order valence-corrected chi connectivity index (χ2v) is 5.78. The van der Waals surface area contributed by atoms with Gasteiger partial charge in [0.05, 0.1) is 5.01 Å². The summed E-state index contributed by atoms with van der Waals surface area (Å²) in [5.74, 6) is 0.859. The molecule has 0 aliphatic rings.